The van der Waals surface area contributed by atoms with E-state index in [1.165, 1.54) is 12.1 Å². The van der Waals surface area contributed by atoms with Gasteiger partial charge in [0.1, 0.15) is 0 Å². The second kappa shape index (κ2) is 7.09. The largest absolute Gasteiger partial charge is 0.491 e. The first-order valence-electron chi connectivity index (χ1n) is 9.30. The van der Waals surface area contributed by atoms with Crippen LogP contribution in [-0.4, -0.2) is 27.5 Å². The van der Waals surface area contributed by atoms with Crippen LogP contribution in [0.1, 0.15) is 30.9 Å². The lowest BCUT2D eigenvalue weighted by atomic mass is 9.91. The summed E-state index contributed by atoms with van der Waals surface area (Å²) in [6.45, 7) is 2.72. The molecular weight excluding hydrogens is 383 g/mol. The normalized spacial score (nSPS) is 15.9. The summed E-state index contributed by atoms with van der Waals surface area (Å²) in [5, 5.41) is 0. The predicted octanol–water partition coefficient (Wildman–Crippen LogP) is 3.25. The van der Waals surface area contributed by atoms with Crippen LogP contribution < -0.4 is 14.4 Å². The molecule has 6 nitrogen and oxygen atoms in total. The minimum atomic E-state index is -3.95. The van der Waals surface area contributed by atoms with Gasteiger partial charge in [0.15, 0.2) is 11.6 Å². The molecule has 0 unspecified atom stereocenters. The quantitative estimate of drug-likeness (QED) is 0.830. The van der Waals surface area contributed by atoms with Gasteiger partial charge >= 0.3 is 0 Å². The first kappa shape index (κ1) is 18.7. The van der Waals surface area contributed by atoms with E-state index in [0.717, 1.165) is 35.7 Å². The van der Waals surface area contributed by atoms with Gasteiger partial charge in [-0.15, -0.1) is 0 Å². The predicted molar refractivity (Wildman–Crippen MR) is 104 cm³/mol. The minimum Gasteiger partial charge on any atom is -0.491 e. The lowest BCUT2D eigenvalue weighted by Crippen LogP contribution is -2.39. The summed E-state index contributed by atoms with van der Waals surface area (Å²) in [5.74, 6) is -0.588. The van der Waals surface area contributed by atoms with Crippen LogP contribution in [0.25, 0.3) is 0 Å². The molecule has 8 heteroatoms. The Morgan fingerprint density at radius 3 is 2.61 bits per heavy atom. The third-order valence-electron chi connectivity index (χ3n) is 5.04. The molecule has 0 radical (unpaired) electrons. The van der Waals surface area contributed by atoms with Crippen molar-refractivity contribution in [2.24, 2.45) is 0 Å². The minimum absolute atomic E-state index is 0.0180. The molecule has 1 N–H and O–H groups in total. The summed E-state index contributed by atoms with van der Waals surface area (Å²) in [6, 6.07) is 7.13. The fourth-order valence-corrected chi connectivity index (χ4v) is 4.90. The van der Waals surface area contributed by atoms with Crippen LogP contribution in [0.2, 0.25) is 0 Å². The molecule has 2 aromatic rings. The number of rotatable bonds is 5. The summed E-state index contributed by atoms with van der Waals surface area (Å²) in [6.07, 6.45) is 2.65. The molecular formula is C20H21FN2O4S. The molecule has 2 aliphatic heterocycles. The van der Waals surface area contributed by atoms with Crippen molar-refractivity contribution in [2.75, 3.05) is 22.8 Å². The van der Waals surface area contributed by atoms with Crippen molar-refractivity contribution in [1.82, 2.24) is 0 Å². The van der Waals surface area contributed by atoms with Crippen molar-refractivity contribution in [2.45, 2.75) is 37.5 Å². The standard InChI is InChI=1S/C20H21FN2O4S/c1-2-27-18-7-6-16(12-17(18)21)28(25,26)22-15-10-13-4-3-9-23-19(24)8-5-14(11-15)20(13)23/h6-7,10-12,22H,2-5,8-9H2,1H3. The van der Waals surface area contributed by atoms with E-state index in [1.54, 1.807) is 24.0 Å². The van der Waals surface area contributed by atoms with Crippen LogP contribution in [0.3, 0.4) is 0 Å². The molecule has 0 fully saturated rings. The smallest absolute Gasteiger partial charge is 0.262 e. The summed E-state index contributed by atoms with van der Waals surface area (Å²) in [4.78, 5) is 13.8. The van der Waals surface area contributed by atoms with Crippen molar-refractivity contribution < 1.29 is 22.3 Å². The molecule has 0 aromatic heterocycles. The van der Waals surface area contributed by atoms with Gasteiger partial charge in [-0.3, -0.25) is 9.52 Å². The summed E-state index contributed by atoms with van der Waals surface area (Å²) >= 11 is 0. The Morgan fingerprint density at radius 2 is 1.89 bits per heavy atom. The maximum Gasteiger partial charge on any atom is 0.262 e. The molecule has 0 spiro atoms. The van der Waals surface area contributed by atoms with Crippen LogP contribution in [0.5, 0.6) is 5.75 Å². The van der Waals surface area contributed by atoms with Gasteiger partial charge in [0, 0.05) is 18.7 Å². The average Bonchev–Trinajstić information content (AvgIpc) is 2.66. The first-order chi connectivity index (χ1) is 13.4. The number of ether oxygens (including phenoxy) is 1. The number of aryl methyl sites for hydroxylation is 2. The van der Waals surface area contributed by atoms with Crippen molar-refractivity contribution >= 4 is 27.3 Å². The van der Waals surface area contributed by atoms with Crippen molar-refractivity contribution in [3.05, 3.63) is 47.3 Å². The van der Waals surface area contributed by atoms with Crippen molar-refractivity contribution in [1.29, 1.82) is 0 Å². The molecule has 0 aliphatic carbocycles. The Bertz CT molecular complexity index is 1040. The Hall–Kier alpha value is -2.61. The summed E-state index contributed by atoms with van der Waals surface area (Å²) < 4.78 is 47.2. The number of nitrogens with zero attached hydrogens (tertiary/aromatic N) is 1. The molecule has 0 atom stereocenters. The molecule has 0 bridgehead atoms. The van der Waals surface area contributed by atoms with Crippen LogP contribution in [0.4, 0.5) is 15.8 Å². The maximum atomic E-state index is 14.1. The van der Waals surface area contributed by atoms with Gasteiger partial charge in [-0.25, -0.2) is 12.8 Å². The molecule has 148 valence electrons. The number of amides is 1. The maximum absolute atomic E-state index is 14.1. The average molecular weight is 404 g/mol. The number of sulfonamides is 1. The Labute approximate surface area is 163 Å². The van der Waals surface area contributed by atoms with Gasteiger partial charge in [0.05, 0.1) is 17.2 Å². The third kappa shape index (κ3) is 3.32. The van der Waals surface area contributed by atoms with Gasteiger partial charge in [-0.2, -0.15) is 0 Å². The van der Waals surface area contributed by atoms with Crippen LogP contribution in [0.15, 0.2) is 35.2 Å². The van der Waals surface area contributed by atoms with Crippen LogP contribution in [0, 0.1) is 5.82 Å². The molecule has 4 rings (SSSR count). The van der Waals surface area contributed by atoms with E-state index in [4.69, 9.17) is 4.74 Å². The molecule has 2 heterocycles. The molecule has 0 saturated heterocycles. The number of carbonyl (C=O) groups excluding carboxylic acids is 1. The van der Waals surface area contributed by atoms with Crippen molar-refractivity contribution in [3.8, 4) is 5.75 Å². The molecule has 2 aromatic carbocycles. The SMILES string of the molecule is CCOc1ccc(S(=O)(=O)Nc2cc3c4c(c2)CCC(=O)N4CCC3)cc1F. The van der Waals surface area contributed by atoms with E-state index >= 15 is 0 Å². The second-order valence-electron chi connectivity index (χ2n) is 6.92. The number of anilines is 2. The highest BCUT2D eigenvalue weighted by molar-refractivity contribution is 7.92. The molecule has 2 aliphatic rings. The van der Waals surface area contributed by atoms with Crippen LogP contribution in [-0.2, 0) is 27.7 Å². The topological polar surface area (TPSA) is 75.7 Å². The monoisotopic (exact) mass is 404 g/mol. The van der Waals surface area contributed by atoms with Gasteiger partial charge < -0.3 is 9.64 Å². The van der Waals surface area contributed by atoms with E-state index in [2.05, 4.69) is 4.72 Å². The second-order valence-corrected chi connectivity index (χ2v) is 8.61. The van der Waals surface area contributed by atoms with Gasteiger partial charge in [-0.05, 0) is 67.6 Å². The third-order valence-corrected chi connectivity index (χ3v) is 6.42. The van der Waals surface area contributed by atoms with Crippen LogP contribution >= 0.6 is 0 Å². The number of nitrogens with one attached hydrogen (secondary N) is 1. The highest BCUT2D eigenvalue weighted by Crippen LogP contribution is 2.38. The van der Waals surface area contributed by atoms with E-state index in [0.29, 0.717) is 31.7 Å². The zero-order valence-corrected chi connectivity index (χ0v) is 16.3. The van der Waals surface area contributed by atoms with Gasteiger partial charge in [0.25, 0.3) is 10.0 Å². The zero-order valence-electron chi connectivity index (χ0n) is 15.5. The fraction of sp³-hybridized carbons (Fsp3) is 0.350. The van der Waals surface area contributed by atoms with E-state index in [-0.39, 0.29) is 16.6 Å². The highest BCUT2D eigenvalue weighted by Gasteiger charge is 2.30. The lowest BCUT2D eigenvalue weighted by Gasteiger charge is -2.35. The van der Waals surface area contributed by atoms with E-state index in [1.807, 2.05) is 0 Å². The number of halogens is 1. The number of hydrogen-bond donors (Lipinski definition) is 1. The van der Waals surface area contributed by atoms with Crippen molar-refractivity contribution in [3.63, 3.8) is 0 Å². The molecule has 1 amide bonds. The molecule has 28 heavy (non-hydrogen) atoms. The summed E-state index contributed by atoms with van der Waals surface area (Å²) in [5.41, 5.74) is 3.29. The summed E-state index contributed by atoms with van der Waals surface area (Å²) in [7, 11) is -3.95. The Balaban J connectivity index is 1.66. The van der Waals surface area contributed by atoms with Gasteiger partial charge in [0.2, 0.25) is 5.91 Å². The Morgan fingerprint density at radius 1 is 1.14 bits per heavy atom. The molecule has 0 saturated carbocycles. The van der Waals surface area contributed by atoms with E-state index < -0.39 is 15.8 Å². The number of carbonyl (C=O) groups is 1. The highest BCUT2D eigenvalue weighted by atomic mass is 32.2. The Kier molecular flexibility index (Phi) is 4.74. The number of benzene rings is 2. The lowest BCUT2D eigenvalue weighted by molar-refractivity contribution is -0.119. The van der Waals surface area contributed by atoms with E-state index in [9.17, 15) is 17.6 Å². The number of hydrogen-bond acceptors (Lipinski definition) is 4. The van der Waals surface area contributed by atoms with Gasteiger partial charge in [-0.1, -0.05) is 0 Å². The first-order valence-corrected chi connectivity index (χ1v) is 10.8. The fourth-order valence-electron chi connectivity index (χ4n) is 3.85. The zero-order chi connectivity index (χ0) is 19.9.